The molecule has 0 aliphatic heterocycles. The number of carbonyl (C=O) groups excluding carboxylic acids is 1. The second-order valence-corrected chi connectivity index (χ2v) is 3.30. The lowest BCUT2D eigenvalue weighted by Gasteiger charge is -2.11. The molecule has 3 N–H and O–H groups in total. The number of hydrogen-bond acceptors (Lipinski definition) is 3. The van der Waals surface area contributed by atoms with Gasteiger partial charge in [-0.1, -0.05) is 18.2 Å². The van der Waals surface area contributed by atoms with Gasteiger partial charge in [0.2, 0.25) is 0 Å². The zero-order chi connectivity index (χ0) is 13.4. The normalized spacial score (nSPS) is 9.33. The monoisotopic (exact) mass is 250 g/mol. The van der Waals surface area contributed by atoms with E-state index >= 15 is 0 Å². The van der Waals surface area contributed by atoms with E-state index in [1.165, 1.54) is 0 Å². The molecule has 0 aliphatic carbocycles. The smallest absolute Gasteiger partial charge is 0.341 e. The van der Waals surface area contributed by atoms with Crippen molar-refractivity contribution >= 4 is 17.7 Å². The number of carboxylic acids is 1. The van der Waals surface area contributed by atoms with Gasteiger partial charge in [-0.3, -0.25) is 0 Å². The average molecular weight is 250 g/mol. The molecule has 1 rings (SSSR count). The number of benzene rings is 1. The van der Waals surface area contributed by atoms with Crippen LogP contribution in [0.2, 0.25) is 0 Å². The Balaban J connectivity index is 2.66. The Morgan fingerprint density at radius 3 is 2.78 bits per heavy atom. The van der Waals surface area contributed by atoms with Crippen LogP contribution in [0.4, 0.5) is 10.5 Å². The summed E-state index contributed by atoms with van der Waals surface area (Å²) < 4.78 is 5.04. The van der Waals surface area contributed by atoms with Crippen molar-refractivity contribution in [1.29, 1.82) is 0 Å². The summed E-state index contributed by atoms with van der Waals surface area (Å²) in [6, 6.07) is 6.17. The molecular formula is C12H14N2O4. The van der Waals surface area contributed by atoms with Crippen molar-refractivity contribution in [3.63, 3.8) is 0 Å². The minimum Gasteiger partial charge on any atom is -0.480 e. The number of para-hydroxylation sites is 2. The van der Waals surface area contributed by atoms with Crippen LogP contribution >= 0.6 is 0 Å². The first-order valence-corrected chi connectivity index (χ1v) is 5.23. The maximum atomic E-state index is 11.4. The number of carboxylic acid groups (broad SMARTS) is 1. The highest BCUT2D eigenvalue weighted by molar-refractivity contribution is 5.91. The summed E-state index contributed by atoms with van der Waals surface area (Å²) in [4.78, 5) is 21.8. The predicted octanol–water partition coefficient (Wildman–Crippen LogP) is 1.46. The fraction of sp³-hybridized carbons (Fsp3) is 0.167. The van der Waals surface area contributed by atoms with Crippen LogP contribution in [0.1, 0.15) is 0 Å². The number of amides is 2. The summed E-state index contributed by atoms with van der Waals surface area (Å²) in [5.41, 5.74) is 0.403. The van der Waals surface area contributed by atoms with Crippen LogP contribution in [0.15, 0.2) is 36.9 Å². The lowest BCUT2D eigenvalue weighted by molar-refractivity contribution is -0.139. The first kappa shape index (κ1) is 13.6. The van der Waals surface area contributed by atoms with E-state index in [2.05, 4.69) is 17.2 Å². The molecule has 0 saturated heterocycles. The van der Waals surface area contributed by atoms with Crippen LogP contribution in [0.5, 0.6) is 5.75 Å². The molecule has 0 atom stereocenters. The molecule has 0 fully saturated rings. The van der Waals surface area contributed by atoms with Crippen LogP contribution in [0, 0.1) is 0 Å². The third-order valence-corrected chi connectivity index (χ3v) is 1.89. The summed E-state index contributed by atoms with van der Waals surface area (Å²) >= 11 is 0. The quantitative estimate of drug-likeness (QED) is 0.667. The number of anilines is 1. The molecule has 96 valence electrons. The second kappa shape index (κ2) is 6.95. The molecule has 0 radical (unpaired) electrons. The van der Waals surface area contributed by atoms with Crippen LogP contribution in [-0.2, 0) is 4.79 Å². The molecule has 0 spiro atoms. The largest absolute Gasteiger partial charge is 0.480 e. The van der Waals surface area contributed by atoms with Gasteiger partial charge in [-0.15, -0.1) is 6.58 Å². The third kappa shape index (κ3) is 4.56. The highest BCUT2D eigenvalue weighted by atomic mass is 16.5. The van der Waals surface area contributed by atoms with Crippen LogP contribution < -0.4 is 15.4 Å². The van der Waals surface area contributed by atoms with Gasteiger partial charge in [-0.05, 0) is 12.1 Å². The number of ether oxygens (including phenoxy) is 1. The van der Waals surface area contributed by atoms with E-state index < -0.39 is 18.6 Å². The lowest BCUT2D eigenvalue weighted by atomic mass is 10.3. The van der Waals surface area contributed by atoms with Crippen molar-refractivity contribution in [2.75, 3.05) is 18.5 Å². The minimum atomic E-state index is -1.08. The molecule has 0 heterocycles. The van der Waals surface area contributed by atoms with Crippen molar-refractivity contribution in [2.45, 2.75) is 0 Å². The van der Waals surface area contributed by atoms with Crippen molar-refractivity contribution in [3.05, 3.63) is 36.9 Å². The summed E-state index contributed by atoms with van der Waals surface area (Å²) in [7, 11) is 0. The van der Waals surface area contributed by atoms with Crippen LogP contribution in [-0.4, -0.2) is 30.3 Å². The molecular weight excluding hydrogens is 236 g/mol. The topological polar surface area (TPSA) is 87.7 Å². The molecule has 1 aromatic rings. The van der Waals surface area contributed by atoms with Crippen molar-refractivity contribution in [3.8, 4) is 5.75 Å². The molecule has 0 aliphatic rings. The highest BCUT2D eigenvalue weighted by Crippen LogP contribution is 2.23. The Bertz CT molecular complexity index is 445. The van der Waals surface area contributed by atoms with E-state index in [1.54, 1.807) is 30.3 Å². The zero-order valence-electron chi connectivity index (χ0n) is 9.68. The van der Waals surface area contributed by atoms with Gasteiger partial charge in [0.15, 0.2) is 6.61 Å². The molecule has 0 saturated carbocycles. The number of aliphatic carboxylic acids is 1. The van der Waals surface area contributed by atoms with Gasteiger partial charge in [0.05, 0.1) is 5.69 Å². The van der Waals surface area contributed by atoms with Crippen molar-refractivity contribution in [1.82, 2.24) is 5.32 Å². The SMILES string of the molecule is C=CCNC(=O)Nc1ccccc1OCC(=O)O. The van der Waals surface area contributed by atoms with Gasteiger partial charge in [0.1, 0.15) is 5.75 Å². The van der Waals surface area contributed by atoms with Crippen molar-refractivity contribution < 1.29 is 19.4 Å². The van der Waals surface area contributed by atoms with Crippen LogP contribution in [0.25, 0.3) is 0 Å². The Hall–Kier alpha value is -2.50. The van der Waals surface area contributed by atoms with E-state index in [4.69, 9.17) is 9.84 Å². The summed E-state index contributed by atoms with van der Waals surface area (Å²) in [6.07, 6.45) is 1.55. The predicted molar refractivity (Wildman–Crippen MR) is 66.8 cm³/mol. The fourth-order valence-electron chi connectivity index (χ4n) is 1.17. The first-order chi connectivity index (χ1) is 8.63. The standard InChI is InChI=1S/C12H14N2O4/c1-2-7-13-12(17)14-9-5-3-4-6-10(9)18-8-11(15)16/h2-6H,1,7-8H2,(H,15,16)(H2,13,14,17). The Morgan fingerprint density at radius 1 is 1.39 bits per heavy atom. The van der Waals surface area contributed by atoms with E-state index in [-0.39, 0.29) is 0 Å². The number of hydrogen-bond donors (Lipinski definition) is 3. The summed E-state index contributed by atoms with van der Waals surface area (Å²) in [5.74, 6) is -0.783. The van der Waals surface area contributed by atoms with E-state index in [0.717, 1.165) is 0 Å². The Labute approximate surface area is 104 Å². The second-order valence-electron chi connectivity index (χ2n) is 3.30. The molecule has 2 amide bonds. The molecule has 6 nitrogen and oxygen atoms in total. The number of nitrogens with one attached hydrogen (secondary N) is 2. The van der Waals surface area contributed by atoms with E-state index in [9.17, 15) is 9.59 Å². The van der Waals surface area contributed by atoms with Gasteiger partial charge in [0, 0.05) is 6.54 Å². The molecule has 0 bridgehead atoms. The summed E-state index contributed by atoms with van der Waals surface area (Å²) in [6.45, 7) is 3.35. The third-order valence-electron chi connectivity index (χ3n) is 1.89. The Morgan fingerprint density at radius 2 is 2.11 bits per heavy atom. The minimum absolute atomic E-state index is 0.300. The molecule has 6 heteroatoms. The van der Waals surface area contributed by atoms with Gasteiger partial charge in [0.25, 0.3) is 0 Å². The Kier molecular flexibility index (Phi) is 5.24. The molecule has 0 unspecified atom stereocenters. The highest BCUT2D eigenvalue weighted by Gasteiger charge is 2.07. The van der Waals surface area contributed by atoms with Gasteiger partial charge >= 0.3 is 12.0 Å². The maximum Gasteiger partial charge on any atom is 0.341 e. The van der Waals surface area contributed by atoms with Gasteiger partial charge in [-0.25, -0.2) is 9.59 Å². The lowest BCUT2D eigenvalue weighted by Crippen LogP contribution is -2.28. The van der Waals surface area contributed by atoms with Crippen LogP contribution in [0.3, 0.4) is 0 Å². The number of rotatable bonds is 6. The number of carbonyl (C=O) groups is 2. The van der Waals surface area contributed by atoms with E-state index in [1.807, 2.05) is 0 Å². The van der Waals surface area contributed by atoms with Gasteiger partial charge < -0.3 is 20.5 Å². The summed E-state index contributed by atoms with van der Waals surface area (Å²) in [5, 5.41) is 13.6. The molecule has 0 aromatic heterocycles. The average Bonchev–Trinajstić information content (AvgIpc) is 2.35. The fourth-order valence-corrected chi connectivity index (χ4v) is 1.17. The number of urea groups is 1. The van der Waals surface area contributed by atoms with E-state index in [0.29, 0.717) is 18.0 Å². The zero-order valence-corrected chi connectivity index (χ0v) is 9.68. The maximum absolute atomic E-state index is 11.4. The molecule has 1 aromatic carbocycles. The van der Waals surface area contributed by atoms with Gasteiger partial charge in [-0.2, -0.15) is 0 Å². The molecule has 18 heavy (non-hydrogen) atoms. The first-order valence-electron chi connectivity index (χ1n) is 5.23. The van der Waals surface area contributed by atoms with Crippen molar-refractivity contribution in [2.24, 2.45) is 0 Å².